The van der Waals surface area contributed by atoms with Gasteiger partial charge in [0.15, 0.2) is 7.14 Å². The molecule has 3 rings (SSSR count). The lowest BCUT2D eigenvalue weighted by Crippen LogP contribution is -2.41. The fraction of sp³-hybridized carbons (Fsp3) is 0.333. The van der Waals surface area contributed by atoms with E-state index in [1.807, 2.05) is 97.9 Å². The second-order valence-electron chi connectivity index (χ2n) is 8.26. The average Bonchev–Trinajstić information content (AvgIpc) is 2.82. The van der Waals surface area contributed by atoms with E-state index in [9.17, 15) is 5.11 Å². The Hall–Kier alpha value is -2.15. The third-order valence-electron chi connectivity index (χ3n) is 6.20. The number of aliphatic hydroxyl groups is 1. The summed E-state index contributed by atoms with van der Waals surface area (Å²) in [5.41, 5.74) is 0.822. The van der Waals surface area contributed by atoms with Crippen LogP contribution in [0.25, 0.3) is 0 Å². The smallest absolute Gasteiger partial charge is 0.151 e. The van der Waals surface area contributed by atoms with Gasteiger partial charge in [0.05, 0.1) is 11.3 Å². The van der Waals surface area contributed by atoms with Crippen LogP contribution in [0.1, 0.15) is 57.6 Å². The Labute approximate surface area is 181 Å². The molecule has 0 aliphatic rings. The van der Waals surface area contributed by atoms with E-state index in [1.54, 1.807) is 0 Å². The van der Waals surface area contributed by atoms with Gasteiger partial charge in [-0.1, -0.05) is 124 Å². The van der Waals surface area contributed by atoms with E-state index in [4.69, 9.17) is 0 Å². The molecular formula is C27H33O2P. The summed E-state index contributed by atoms with van der Waals surface area (Å²) in [6, 6.07) is 29.2. The molecule has 0 saturated carbocycles. The molecule has 2 atom stereocenters. The molecule has 0 heterocycles. The van der Waals surface area contributed by atoms with Crippen molar-refractivity contribution in [1.82, 2.24) is 0 Å². The minimum absolute atomic E-state index is 0.699. The van der Waals surface area contributed by atoms with Crippen LogP contribution in [0.4, 0.5) is 0 Å². The highest BCUT2D eigenvalue weighted by Gasteiger charge is 2.51. The summed E-state index contributed by atoms with van der Waals surface area (Å²) in [6.45, 7) is 4.22. The van der Waals surface area contributed by atoms with Gasteiger partial charge in [-0.3, -0.25) is 0 Å². The Balaban J connectivity index is 2.17. The SMILES string of the molecule is CCCCCC[C@@](C)([C@@H](O)c1ccccc1)P(=O)(c1ccccc1)c1ccccc1. The molecule has 0 radical (unpaired) electrons. The molecule has 0 saturated heterocycles. The van der Waals surface area contributed by atoms with Crippen molar-refractivity contribution in [3.8, 4) is 0 Å². The first-order chi connectivity index (χ1) is 14.5. The molecule has 0 spiro atoms. The number of unbranched alkanes of at least 4 members (excludes halogenated alkanes) is 3. The van der Waals surface area contributed by atoms with Gasteiger partial charge < -0.3 is 9.67 Å². The van der Waals surface area contributed by atoms with Crippen molar-refractivity contribution < 1.29 is 9.67 Å². The van der Waals surface area contributed by atoms with E-state index in [0.717, 1.165) is 41.9 Å². The number of hydrogen-bond acceptors (Lipinski definition) is 2. The Kier molecular flexibility index (Phi) is 7.69. The normalized spacial score (nSPS) is 14.8. The minimum atomic E-state index is -3.17. The van der Waals surface area contributed by atoms with Crippen molar-refractivity contribution in [3.05, 3.63) is 96.6 Å². The second-order valence-corrected chi connectivity index (χ2v) is 11.5. The topological polar surface area (TPSA) is 37.3 Å². The molecule has 0 unspecified atom stereocenters. The molecule has 0 amide bonds. The highest BCUT2D eigenvalue weighted by atomic mass is 31.2. The molecule has 158 valence electrons. The molecule has 3 heteroatoms. The standard InChI is InChI=1S/C27H33O2P/c1-3-4-5-15-22-27(2,26(28)23-16-9-6-10-17-23)30(29,24-18-11-7-12-19-24)25-20-13-8-14-21-25/h6-14,16-21,26,28H,3-5,15,22H2,1-2H3/t26-,27-/m0/s1. The van der Waals surface area contributed by atoms with Crippen LogP contribution in [0.5, 0.6) is 0 Å². The Morgan fingerprint density at radius 3 is 1.70 bits per heavy atom. The lowest BCUT2D eigenvalue weighted by atomic mass is 9.91. The third kappa shape index (κ3) is 4.46. The summed E-state index contributed by atoms with van der Waals surface area (Å²) in [4.78, 5) is 0. The van der Waals surface area contributed by atoms with E-state index in [1.165, 1.54) is 0 Å². The lowest BCUT2D eigenvalue weighted by molar-refractivity contribution is 0.125. The van der Waals surface area contributed by atoms with E-state index in [2.05, 4.69) is 6.92 Å². The molecular weight excluding hydrogens is 387 g/mol. The van der Waals surface area contributed by atoms with Crippen LogP contribution >= 0.6 is 7.14 Å². The molecule has 3 aromatic carbocycles. The maximum atomic E-state index is 15.2. The maximum Gasteiger partial charge on any atom is 0.151 e. The molecule has 0 aliphatic heterocycles. The second kappa shape index (κ2) is 10.2. The van der Waals surface area contributed by atoms with Crippen LogP contribution in [-0.2, 0) is 4.57 Å². The fourth-order valence-electron chi connectivity index (χ4n) is 4.39. The first kappa shape index (κ1) is 22.5. The van der Waals surface area contributed by atoms with E-state index in [-0.39, 0.29) is 0 Å². The molecule has 30 heavy (non-hydrogen) atoms. The predicted octanol–water partition coefficient (Wildman–Crippen LogP) is 6.46. The van der Waals surface area contributed by atoms with Crippen LogP contribution in [0.2, 0.25) is 0 Å². The predicted molar refractivity (Wildman–Crippen MR) is 128 cm³/mol. The Morgan fingerprint density at radius 2 is 1.23 bits per heavy atom. The molecule has 3 aromatic rings. The largest absolute Gasteiger partial charge is 0.387 e. The van der Waals surface area contributed by atoms with Crippen LogP contribution in [0.15, 0.2) is 91.0 Å². The van der Waals surface area contributed by atoms with Crippen LogP contribution in [0.3, 0.4) is 0 Å². The fourth-order valence-corrected chi connectivity index (χ4v) is 8.01. The first-order valence-corrected chi connectivity index (χ1v) is 12.7. The number of rotatable bonds is 10. The van der Waals surface area contributed by atoms with Crippen molar-refractivity contribution >= 4 is 17.8 Å². The average molecular weight is 421 g/mol. The monoisotopic (exact) mass is 420 g/mol. The maximum absolute atomic E-state index is 15.2. The summed E-state index contributed by atoms with van der Waals surface area (Å²) in [6.07, 6.45) is 4.19. The van der Waals surface area contributed by atoms with Crippen molar-refractivity contribution in [2.24, 2.45) is 0 Å². The van der Waals surface area contributed by atoms with Gasteiger partial charge in [-0.05, 0) is 18.9 Å². The van der Waals surface area contributed by atoms with Gasteiger partial charge in [-0.2, -0.15) is 0 Å². The quantitative estimate of drug-likeness (QED) is 0.302. The molecule has 1 N–H and O–H groups in total. The van der Waals surface area contributed by atoms with Gasteiger partial charge in [-0.15, -0.1) is 0 Å². The zero-order chi connectivity index (χ0) is 21.5. The summed E-state index contributed by atoms with van der Waals surface area (Å²) >= 11 is 0. The summed E-state index contributed by atoms with van der Waals surface area (Å²) in [5.74, 6) is 0. The molecule has 0 aliphatic carbocycles. The van der Waals surface area contributed by atoms with E-state index >= 15 is 4.57 Å². The molecule has 0 fully saturated rings. The summed E-state index contributed by atoms with van der Waals surface area (Å²) in [5, 5.41) is 12.5. The van der Waals surface area contributed by atoms with Gasteiger partial charge in [-0.25, -0.2) is 0 Å². The van der Waals surface area contributed by atoms with E-state index in [0.29, 0.717) is 6.42 Å². The highest BCUT2D eigenvalue weighted by Crippen LogP contribution is 2.62. The van der Waals surface area contributed by atoms with Crippen molar-refractivity contribution in [3.63, 3.8) is 0 Å². The first-order valence-electron chi connectivity index (χ1n) is 11.0. The zero-order valence-corrected chi connectivity index (χ0v) is 19.0. The van der Waals surface area contributed by atoms with Crippen molar-refractivity contribution in [2.75, 3.05) is 0 Å². The molecule has 0 aromatic heterocycles. The van der Waals surface area contributed by atoms with Gasteiger partial charge >= 0.3 is 0 Å². The zero-order valence-electron chi connectivity index (χ0n) is 18.1. The number of hydrogen-bond donors (Lipinski definition) is 1. The van der Waals surface area contributed by atoms with E-state index < -0.39 is 18.4 Å². The summed E-state index contributed by atoms with van der Waals surface area (Å²) in [7, 11) is -3.17. The van der Waals surface area contributed by atoms with Crippen molar-refractivity contribution in [2.45, 2.75) is 57.2 Å². The van der Waals surface area contributed by atoms with Gasteiger partial charge in [0.1, 0.15) is 0 Å². The Bertz CT molecular complexity index is 897. The van der Waals surface area contributed by atoms with Crippen LogP contribution in [-0.4, -0.2) is 10.3 Å². The minimum Gasteiger partial charge on any atom is -0.387 e. The van der Waals surface area contributed by atoms with Gasteiger partial charge in [0, 0.05) is 10.6 Å². The van der Waals surface area contributed by atoms with Crippen molar-refractivity contribution in [1.29, 1.82) is 0 Å². The molecule has 2 nitrogen and oxygen atoms in total. The number of benzene rings is 3. The summed E-state index contributed by atoms with van der Waals surface area (Å²) < 4.78 is 15.2. The van der Waals surface area contributed by atoms with Gasteiger partial charge in [0.25, 0.3) is 0 Å². The highest BCUT2D eigenvalue weighted by molar-refractivity contribution is 7.80. The number of aliphatic hydroxyl groups excluding tert-OH is 1. The van der Waals surface area contributed by atoms with Gasteiger partial charge in [0.2, 0.25) is 0 Å². The lowest BCUT2D eigenvalue weighted by Gasteiger charge is -2.42. The van der Waals surface area contributed by atoms with Crippen LogP contribution < -0.4 is 10.6 Å². The Morgan fingerprint density at radius 1 is 0.767 bits per heavy atom. The van der Waals surface area contributed by atoms with Crippen LogP contribution in [0, 0.1) is 0 Å². The molecule has 0 bridgehead atoms. The third-order valence-corrected chi connectivity index (χ3v) is 10.2.